The monoisotopic (exact) mass is 295 g/mol. The molecule has 0 saturated heterocycles. The van der Waals surface area contributed by atoms with Crippen molar-refractivity contribution in [2.24, 2.45) is 0 Å². The van der Waals surface area contributed by atoms with E-state index in [2.05, 4.69) is 4.72 Å². The van der Waals surface area contributed by atoms with Crippen LogP contribution in [0.3, 0.4) is 0 Å². The second kappa shape index (κ2) is 5.03. The molecule has 1 saturated carbocycles. The SMILES string of the molecule is Cc1cc(S(=O)(=O)NC2(C)CC2)ccc1/C=C/C(=O)O. The summed E-state index contributed by atoms with van der Waals surface area (Å²) in [5.74, 6) is -1.04. The Labute approximate surface area is 118 Å². The van der Waals surface area contributed by atoms with E-state index >= 15 is 0 Å². The van der Waals surface area contributed by atoms with Crippen LogP contribution in [0.5, 0.6) is 0 Å². The topological polar surface area (TPSA) is 83.5 Å². The molecule has 0 spiro atoms. The normalized spacial score (nSPS) is 17.3. The lowest BCUT2D eigenvalue weighted by Gasteiger charge is -2.13. The molecule has 1 aromatic rings. The minimum absolute atomic E-state index is 0.204. The zero-order valence-electron chi connectivity index (χ0n) is 11.4. The quantitative estimate of drug-likeness (QED) is 0.813. The highest BCUT2D eigenvalue weighted by molar-refractivity contribution is 7.89. The van der Waals surface area contributed by atoms with Gasteiger partial charge in [0.15, 0.2) is 0 Å². The molecule has 0 radical (unpaired) electrons. The smallest absolute Gasteiger partial charge is 0.328 e. The molecule has 1 aliphatic carbocycles. The van der Waals surface area contributed by atoms with Crippen molar-refractivity contribution >= 4 is 22.1 Å². The van der Waals surface area contributed by atoms with Gasteiger partial charge in [0, 0.05) is 11.6 Å². The van der Waals surface area contributed by atoms with E-state index in [1.54, 1.807) is 19.1 Å². The van der Waals surface area contributed by atoms with Gasteiger partial charge in [0.2, 0.25) is 10.0 Å². The van der Waals surface area contributed by atoms with E-state index in [1.165, 1.54) is 12.1 Å². The lowest BCUT2D eigenvalue weighted by atomic mass is 10.1. The summed E-state index contributed by atoms with van der Waals surface area (Å²) in [5, 5.41) is 8.59. The number of carboxylic acids is 1. The predicted molar refractivity (Wildman–Crippen MR) is 75.8 cm³/mol. The lowest BCUT2D eigenvalue weighted by Crippen LogP contribution is -2.34. The van der Waals surface area contributed by atoms with Crippen molar-refractivity contribution in [3.63, 3.8) is 0 Å². The number of hydrogen-bond donors (Lipinski definition) is 2. The third kappa shape index (κ3) is 3.46. The van der Waals surface area contributed by atoms with Gasteiger partial charge in [0.1, 0.15) is 0 Å². The Kier molecular flexibility index (Phi) is 3.71. The first-order chi connectivity index (χ1) is 9.22. The number of carbonyl (C=O) groups is 1. The summed E-state index contributed by atoms with van der Waals surface area (Å²) in [5.41, 5.74) is 1.09. The molecule has 5 nitrogen and oxygen atoms in total. The van der Waals surface area contributed by atoms with Crippen LogP contribution in [0.2, 0.25) is 0 Å². The number of hydrogen-bond acceptors (Lipinski definition) is 3. The van der Waals surface area contributed by atoms with E-state index in [4.69, 9.17) is 5.11 Å². The molecule has 0 aliphatic heterocycles. The summed E-state index contributed by atoms with van der Waals surface area (Å²) in [6, 6.07) is 4.65. The zero-order valence-corrected chi connectivity index (χ0v) is 12.2. The Bertz CT molecular complexity index is 672. The van der Waals surface area contributed by atoms with Gasteiger partial charge in [-0.15, -0.1) is 0 Å². The number of sulfonamides is 1. The molecule has 0 amide bonds. The van der Waals surface area contributed by atoms with Gasteiger partial charge in [0.05, 0.1) is 4.90 Å². The van der Waals surface area contributed by atoms with Crippen LogP contribution >= 0.6 is 0 Å². The standard InChI is InChI=1S/C14H17NO4S/c1-10-9-12(5-3-11(10)4-6-13(16)17)20(18,19)15-14(2)7-8-14/h3-6,9,15H,7-8H2,1-2H3,(H,16,17)/b6-4+. The molecular weight excluding hydrogens is 278 g/mol. The zero-order chi connectivity index (χ0) is 15.0. The largest absolute Gasteiger partial charge is 0.478 e. The van der Waals surface area contributed by atoms with Crippen molar-refractivity contribution in [1.29, 1.82) is 0 Å². The molecule has 2 N–H and O–H groups in total. The van der Waals surface area contributed by atoms with Crippen molar-refractivity contribution in [2.75, 3.05) is 0 Å². The average molecular weight is 295 g/mol. The van der Waals surface area contributed by atoms with Crippen LogP contribution in [0, 0.1) is 6.92 Å². The minimum Gasteiger partial charge on any atom is -0.478 e. The molecule has 0 aromatic heterocycles. The summed E-state index contributed by atoms with van der Waals surface area (Å²) < 4.78 is 27.1. The summed E-state index contributed by atoms with van der Waals surface area (Å²) in [4.78, 5) is 10.7. The molecule has 0 unspecified atom stereocenters. The van der Waals surface area contributed by atoms with Gasteiger partial charge >= 0.3 is 5.97 Å². The molecule has 1 aromatic carbocycles. The van der Waals surface area contributed by atoms with Gasteiger partial charge < -0.3 is 5.11 Å². The van der Waals surface area contributed by atoms with Crippen LogP contribution in [0.15, 0.2) is 29.2 Å². The third-order valence-electron chi connectivity index (χ3n) is 3.34. The highest BCUT2D eigenvalue weighted by Gasteiger charge is 2.41. The Balaban J connectivity index is 2.26. The van der Waals surface area contributed by atoms with Gasteiger partial charge in [-0.1, -0.05) is 6.07 Å². The van der Waals surface area contributed by atoms with Crippen LogP contribution < -0.4 is 4.72 Å². The Morgan fingerprint density at radius 1 is 1.40 bits per heavy atom. The fourth-order valence-electron chi connectivity index (χ4n) is 1.84. The fourth-order valence-corrected chi connectivity index (χ4v) is 3.39. The maximum Gasteiger partial charge on any atom is 0.328 e. The van der Waals surface area contributed by atoms with Crippen LogP contribution in [-0.2, 0) is 14.8 Å². The molecule has 1 fully saturated rings. The molecule has 0 atom stereocenters. The first-order valence-corrected chi connectivity index (χ1v) is 7.76. The van der Waals surface area contributed by atoms with Gasteiger partial charge in [-0.3, -0.25) is 0 Å². The van der Waals surface area contributed by atoms with E-state index in [0.29, 0.717) is 11.1 Å². The fraction of sp³-hybridized carbons (Fsp3) is 0.357. The average Bonchev–Trinajstić information content (AvgIpc) is 3.03. The van der Waals surface area contributed by atoms with Gasteiger partial charge in [-0.25, -0.2) is 17.9 Å². The lowest BCUT2D eigenvalue weighted by molar-refractivity contribution is -0.131. The number of nitrogens with one attached hydrogen (secondary N) is 1. The number of aryl methyl sites for hydroxylation is 1. The van der Waals surface area contributed by atoms with E-state index in [1.807, 2.05) is 6.92 Å². The van der Waals surface area contributed by atoms with Gasteiger partial charge in [-0.2, -0.15) is 0 Å². The molecule has 20 heavy (non-hydrogen) atoms. The first kappa shape index (κ1) is 14.7. The minimum atomic E-state index is -3.52. The van der Waals surface area contributed by atoms with Gasteiger partial charge in [0.25, 0.3) is 0 Å². The maximum atomic E-state index is 12.2. The van der Waals surface area contributed by atoms with Crippen molar-refractivity contribution in [1.82, 2.24) is 4.72 Å². The van der Waals surface area contributed by atoms with Crippen molar-refractivity contribution in [3.8, 4) is 0 Å². The second-order valence-corrected chi connectivity index (χ2v) is 7.04. The van der Waals surface area contributed by atoms with Crippen molar-refractivity contribution < 1.29 is 18.3 Å². The van der Waals surface area contributed by atoms with E-state index in [-0.39, 0.29) is 10.4 Å². The molecule has 0 heterocycles. The first-order valence-electron chi connectivity index (χ1n) is 6.28. The second-order valence-electron chi connectivity index (χ2n) is 5.36. The van der Waals surface area contributed by atoms with Crippen LogP contribution in [0.1, 0.15) is 30.9 Å². The van der Waals surface area contributed by atoms with E-state index in [0.717, 1.165) is 18.9 Å². The molecular formula is C14H17NO4S. The van der Waals surface area contributed by atoms with Crippen LogP contribution in [0.25, 0.3) is 6.08 Å². The van der Waals surface area contributed by atoms with Crippen molar-refractivity contribution in [3.05, 3.63) is 35.4 Å². The summed E-state index contributed by atoms with van der Waals surface area (Å²) in [6.45, 7) is 3.63. The Hall–Kier alpha value is -1.66. The van der Waals surface area contributed by atoms with Crippen LogP contribution in [-0.4, -0.2) is 25.0 Å². The molecule has 1 aliphatic rings. The van der Waals surface area contributed by atoms with E-state index in [9.17, 15) is 13.2 Å². The summed E-state index contributed by atoms with van der Waals surface area (Å²) in [6.07, 6.45) is 4.18. The number of benzene rings is 1. The molecule has 2 rings (SSSR count). The highest BCUT2D eigenvalue weighted by atomic mass is 32.2. The highest BCUT2D eigenvalue weighted by Crippen LogP contribution is 2.36. The summed E-state index contributed by atoms with van der Waals surface area (Å²) in [7, 11) is -3.52. The third-order valence-corrected chi connectivity index (χ3v) is 4.97. The maximum absolute atomic E-state index is 12.2. The van der Waals surface area contributed by atoms with Crippen LogP contribution in [0.4, 0.5) is 0 Å². The Morgan fingerprint density at radius 2 is 2.05 bits per heavy atom. The molecule has 0 bridgehead atoms. The van der Waals surface area contributed by atoms with Crippen molar-refractivity contribution in [2.45, 2.75) is 37.1 Å². The molecule has 108 valence electrons. The number of rotatable bonds is 5. The Morgan fingerprint density at radius 3 is 2.55 bits per heavy atom. The van der Waals surface area contributed by atoms with Gasteiger partial charge in [-0.05, 0) is 56.0 Å². The number of carboxylic acid groups (broad SMARTS) is 1. The predicted octanol–water partition coefficient (Wildman–Crippen LogP) is 1.92. The number of aliphatic carboxylic acids is 1. The molecule has 6 heteroatoms. The van der Waals surface area contributed by atoms with E-state index < -0.39 is 16.0 Å². The summed E-state index contributed by atoms with van der Waals surface area (Å²) >= 11 is 0.